The van der Waals surface area contributed by atoms with E-state index in [9.17, 15) is 4.79 Å². The van der Waals surface area contributed by atoms with Crippen LogP contribution < -0.4 is 15.0 Å². The molecule has 5 nitrogen and oxygen atoms in total. The van der Waals surface area contributed by atoms with E-state index >= 15 is 0 Å². The Morgan fingerprint density at radius 2 is 1.88 bits per heavy atom. The Morgan fingerprint density at radius 1 is 1.15 bits per heavy atom. The van der Waals surface area contributed by atoms with Gasteiger partial charge in [0.25, 0.3) is 0 Å². The third-order valence-corrected chi connectivity index (χ3v) is 4.14. The number of morpholine rings is 1. The first-order valence-electron chi connectivity index (χ1n) is 8.90. The smallest absolute Gasteiger partial charge is 0.248 e. The predicted molar refractivity (Wildman–Crippen MR) is 105 cm³/mol. The second-order valence-corrected chi connectivity index (χ2v) is 5.94. The van der Waals surface area contributed by atoms with Crippen LogP contribution >= 0.6 is 0 Å². The summed E-state index contributed by atoms with van der Waals surface area (Å²) in [6.07, 6.45) is 3.29. The number of amides is 1. The third kappa shape index (κ3) is 4.86. The molecule has 2 aromatic rings. The second kappa shape index (κ2) is 9.06. The fraction of sp³-hybridized carbons (Fsp3) is 0.286. The fourth-order valence-corrected chi connectivity index (χ4v) is 2.83. The summed E-state index contributed by atoms with van der Waals surface area (Å²) in [6, 6.07) is 15.5. The first kappa shape index (κ1) is 18.0. The average Bonchev–Trinajstić information content (AvgIpc) is 2.69. The summed E-state index contributed by atoms with van der Waals surface area (Å²) >= 11 is 0. The summed E-state index contributed by atoms with van der Waals surface area (Å²) in [5, 5.41) is 2.88. The fourth-order valence-electron chi connectivity index (χ4n) is 2.83. The van der Waals surface area contributed by atoms with Crippen LogP contribution in [0.3, 0.4) is 0 Å². The molecule has 3 rings (SSSR count). The molecule has 0 unspecified atom stereocenters. The number of benzene rings is 2. The van der Waals surface area contributed by atoms with Gasteiger partial charge >= 0.3 is 0 Å². The predicted octanol–water partition coefficient (Wildman–Crippen LogP) is 3.57. The number of nitrogens with zero attached hydrogens (tertiary/aromatic N) is 1. The van der Waals surface area contributed by atoms with Crippen molar-refractivity contribution in [3.05, 3.63) is 60.2 Å². The van der Waals surface area contributed by atoms with Crippen LogP contribution in [-0.4, -0.2) is 38.8 Å². The number of hydrogen-bond donors (Lipinski definition) is 1. The highest BCUT2D eigenvalue weighted by Gasteiger charge is 2.10. The van der Waals surface area contributed by atoms with Gasteiger partial charge in [0, 0.05) is 36.1 Å². The average molecular weight is 352 g/mol. The van der Waals surface area contributed by atoms with Crippen LogP contribution in [0.2, 0.25) is 0 Å². The molecular formula is C21H24N2O3. The lowest BCUT2D eigenvalue weighted by atomic mass is 10.2. The zero-order valence-electron chi connectivity index (χ0n) is 15.0. The summed E-state index contributed by atoms with van der Waals surface area (Å²) < 4.78 is 10.9. The number of hydrogen-bond acceptors (Lipinski definition) is 4. The van der Waals surface area contributed by atoms with Gasteiger partial charge in [0.15, 0.2) is 0 Å². The van der Waals surface area contributed by atoms with E-state index in [0.29, 0.717) is 6.61 Å². The number of carbonyl (C=O) groups excluding carboxylic acids is 1. The van der Waals surface area contributed by atoms with E-state index in [0.717, 1.165) is 49.0 Å². The van der Waals surface area contributed by atoms with Crippen molar-refractivity contribution < 1.29 is 14.3 Å². The van der Waals surface area contributed by atoms with Crippen molar-refractivity contribution in [1.29, 1.82) is 0 Å². The van der Waals surface area contributed by atoms with Crippen molar-refractivity contribution >= 4 is 23.4 Å². The van der Waals surface area contributed by atoms with Crippen LogP contribution in [0.25, 0.3) is 6.08 Å². The van der Waals surface area contributed by atoms with Crippen molar-refractivity contribution in [2.24, 2.45) is 0 Å². The van der Waals surface area contributed by atoms with E-state index in [4.69, 9.17) is 9.47 Å². The maximum absolute atomic E-state index is 12.2. The molecular weight excluding hydrogens is 328 g/mol. The van der Waals surface area contributed by atoms with Crippen molar-refractivity contribution in [1.82, 2.24) is 0 Å². The topological polar surface area (TPSA) is 50.8 Å². The van der Waals surface area contributed by atoms with Crippen LogP contribution in [0.15, 0.2) is 54.6 Å². The maximum atomic E-state index is 12.2. The molecule has 0 aliphatic carbocycles. The minimum Gasteiger partial charge on any atom is -0.493 e. The summed E-state index contributed by atoms with van der Waals surface area (Å²) in [4.78, 5) is 14.5. The van der Waals surface area contributed by atoms with E-state index < -0.39 is 0 Å². The highest BCUT2D eigenvalue weighted by Crippen LogP contribution is 2.20. The van der Waals surface area contributed by atoms with Gasteiger partial charge in [-0.25, -0.2) is 0 Å². The van der Waals surface area contributed by atoms with Crippen LogP contribution in [0.5, 0.6) is 5.75 Å². The van der Waals surface area contributed by atoms with Gasteiger partial charge in [0.05, 0.1) is 19.8 Å². The molecule has 1 heterocycles. The first-order chi connectivity index (χ1) is 12.8. The van der Waals surface area contributed by atoms with Gasteiger partial charge in [0.1, 0.15) is 5.75 Å². The molecule has 1 aliphatic heterocycles. The molecule has 2 aromatic carbocycles. The molecule has 1 N–H and O–H groups in total. The maximum Gasteiger partial charge on any atom is 0.248 e. The molecule has 0 atom stereocenters. The zero-order valence-corrected chi connectivity index (χ0v) is 15.0. The Balaban J connectivity index is 1.59. The second-order valence-electron chi connectivity index (χ2n) is 5.94. The van der Waals surface area contributed by atoms with Gasteiger partial charge in [0.2, 0.25) is 5.91 Å². The minimum atomic E-state index is -0.171. The van der Waals surface area contributed by atoms with Gasteiger partial charge in [-0.3, -0.25) is 4.79 Å². The molecule has 0 aromatic heterocycles. The molecule has 1 amide bonds. The Kier molecular flexibility index (Phi) is 6.28. The molecule has 26 heavy (non-hydrogen) atoms. The molecule has 5 heteroatoms. The monoisotopic (exact) mass is 352 g/mol. The third-order valence-electron chi connectivity index (χ3n) is 4.14. The standard InChI is InChI=1S/C21H24N2O3/c1-2-26-20-6-4-3-5-17(20)7-12-21(24)22-18-8-10-19(11-9-18)23-13-15-25-16-14-23/h3-12H,2,13-16H2,1H3,(H,22,24)/b12-7+. The van der Waals surface area contributed by atoms with Crippen LogP contribution in [-0.2, 0) is 9.53 Å². The van der Waals surface area contributed by atoms with Gasteiger partial charge in [-0.05, 0) is 43.3 Å². The SMILES string of the molecule is CCOc1ccccc1/C=C/C(=O)Nc1ccc(N2CCOCC2)cc1. The lowest BCUT2D eigenvalue weighted by molar-refractivity contribution is -0.111. The number of carbonyl (C=O) groups is 1. The Hall–Kier alpha value is -2.79. The van der Waals surface area contributed by atoms with E-state index in [2.05, 4.69) is 10.2 Å². The number of nitrogens with one attached hydrogen (secondary N) is 1. The van der Waals surface area contributed by atoms with Crippen molar-refractivity contribution in [3.63, 3.8) is 0 Å². The Bertz CT molecular complexity index is 750. The number of ether oxygens (including phenoxy) is 2. The molecule has 0 bridgehead atoms. The lowest BCUT2D eigenvalue weighted by Crippen LogP contribution is -2.36. The van der Waals surface area contributed by atoms with Crippen molar-refractivity contribution in [2.45, 2.75) is 6.92 Å². The van der Waals surface area contributed by atoms with Gasteiger partial charge in [-0.15, -0.1) is 0 Å². The summed E-state index contributed by atoms with van der Waals surface area (Å²) in [7, 11) is 0. The normalized spacial score (nSPS) is 14.4. The van der Waals surface area contributed by atoms with Gasteiger partial charge < -0.3 is 19.7 Å². The Morgan fingerprint density at radius 3 is 2.62 bits per heavy atom. The first-order valence-corrected chi connectivity index (χ1v) is 8.90. The van der Waals surface area contributed by atoms with Crippen molar-refractivity contribution in [2.75, 3.05) is 43.1 Å². The summed E-state index contributed by atoms with van der Waals surface area (Å²) in [5.74, 6) is 0.601. The molecule has 1 saturated heterocycles. The lowest BCUT2D eigenvalue weighted by Gasteiger charge is -2.28. The number of para-hydroxylation sites is 1. The van der Waals surface area contributed by atoms with Crippen LogP contribution in [0.4, 0.5) is 11.4 Å². The molecule has 1 fully saturated rings. The van der Waals surface area contributed by atoms with E-state index in [1.165, 1.54) is 6.08 Å². The quantitative estimate of drug-likeness (QED) is 0.808. The van der Waals surface area contributed by atoms with E-state index in [1.807, 2.05) is 55.5 Å². The molecule has 136 valence electrons. The Labute approximate surface area is 154 Å². The van der Waals surface area contributed by atoms with Crippen molar-refractivity contribution in [3.8, 4) is 5.75 Å². The van der Waals surface area contributed by atoms with Crippen LogP contribution in [0, 0.1) is 0 Å². The number of anilines is 2. The number of rotatable bonds is 6. The molecule has 0 saturated carbocycles. The summed E-state index contributed by atoms with van der Waals surface area (Å²) in [5.41, 5.74) is 2.80. The molecule has 0 spiro atoms. The minimum absolute atomic E-state index is 0.171. The molecule has 0 radical (unpaired) electrons. The zero-order chi connectivity index (χ0) is 18.2. The largest absolute Gasteiger partial charge is 0.493 e. The van der Waals surface area contributed by atoms with Crippen LogP contribution in [0.1, 0.15) is 12.5 Å². The van der Waals surface area contributed by atoms with Gasteiger partial charge in [-0.1, -0.05) is 18.2 Å². The van der Waals surface area contributed by atoms with E-state index in [1.54, 1.807) is 6.08 Å². The van der Waals surface area contributed by atoms with E-state index in [-0.39, 0.29) is 5.91 Å². The highest BCUT2D eigenvalue weighted by molar-refractivity contribution is 6.02. The molecule has 1 aliphatic rings. The summed E-state index contributed by atoms with van der Waals surface area (Å²) in [6.45, 7) is 5.83. The highest BCUT2D eigenvalue weighted by atomic mass is 16.5. The van der Waals surface area contributed by atoms with Gasteiger partial charge in [-0.2, -0.15) is 0 Å².